The van der Waals surface area contributed by atoms with Gasteiger partial charge in [0.15, 0.2) is 5.44 Å². The highest BCUT2D eigenvalue weighted by Crippen LogP contribution is 2.57. The molecule has 6 heteroatoms. The van der Waals surface area contributed by atoms with Gasteiger partial charge in [0.05, 0.1) is 5.55 Å². The molecule has 0 N–H and O–H groups in total. The van der Waals surface area contributed by atoms with Crippen molar-refractivity contribution in [2.45, 2.75) is 6.92 Å². The van der Waals surface area contributed by atoms with E-state index in [4.69, 9.17) is 9.05 Å². The van der Waals surface area contributed by atoms with E-state index in [0.29, 0.717) is 5.44 Å². The Bertz CT molecular complexity index is 292. The first-order valence-corrected chi connectivity index (χ1v) is 6.29. The van der Waals surface area contributed by atoms with E-state index in [1.807, 2.05) is 6.92 Å². The molecule has 1 aliphatic rings. The average Bonchev–Trinajstić information content (AvgIpc) is 2.17. The van der Waals surface area contributed by atoms with E-state index in [0.717, 1.165) is 11.3 Å². The number of thioether (sulfide) groups is 1. The van der Waals surface area contributed by atoms with Gasteiger partial charge in [0, 0.05) is 20.0 Å². The maximum atomic E-state index is 11.9. The lowest BCUT2D eigenvalue weighted by atomic mass is 10.4. The van der Waals surface area contributed by atoms with Crippen molar-refractivity contribution in [3.63, 3.8) is 0 Å². The number of rotatable bonds is 3. The SMILES string of the molecule is COP(=O)(OC)C1=C(C)CSC=N1. The number of hydrogen-bond acceptors (Lipinski definition) is 5. The standard InChI is InChI=1S/C7H12NO3PS/c1-6-4-13-5-8-7(6)12(9,10-2)11-3/h5H,4H2,1-3H3. The second kappa shape index (κ2) is 4.42. The number of hydrogen-bond donors (Lipinski definition) is 0. The fraction of sp³-hybridized carbons (Fsp3) is 0.571. The Kier molecular flexibility index (Phi) is 3.74. The van der Waals surface area contributed by atoms with Gasteiger partial charge in [0.1, 0.15) is 0 Å². The molecule has 1 aliphatic heterocycles. The van der Waals surface area contributed by atoms with Crippen LogP contribution in [0.4, 0.5) is 0 Å². The number of aliphatic imine (C=N–C) groups is 1. The van der Waals surface area contributed by atoms with Crippen LogP contribution in [0.2, 0.25) is 0 Å². The molecule has 1 rings (SSSR count). The Morgan fingerprint density at radius 1 is 1.54 bits per heavy atom. The van der Waals surface area contributed by atoms with Crippen LogP contribution in [0.3, 0.4) is 0 Å². The molecular formula is C7H12NO3PS. The predicted molar refractivity (Wildman–Crippen MR) is 55.3 cm³/mol. The highest BCUT2D eigenvalue weighted by atomic mass is 32.2. The molecule has 0 saturated heterocycles. The molecule has 0 aromatic carbocycles. The summed E-state index contributed by atoms with van der Waals surface area (Å²) in [7, 11) is -0.418. The van der Waals surface area contributed by atoms with Crippen LogP contribution in [0.5, 0.6) is 0 Å². The fourth-order valence-corrected chi connectivity index (χ4v) is 3.04. The summed E-state index contributed by atoms with van der Waals surface area (Å²) in [5.41, 5.74) is 3.04. The van der Waals surface area contributed by atoms with Crippen LogP contribution < -0.4 is 0 Å². The first kappa shape index (κ1) is 11.0. The van der Waals surface area contributed by atoms with Gasteiger partial charge in [-0.2, -0.15) is 0 Å². The van der Waals surface area contributed by atoms with E-state index in [2.05, 4.69) is 4.99 Å². The van der Waals surface area contributed by atoms with E-state index < -0.39 is 7.60 Å². The van der Waals surface area contributed by atoms with Gasteiger partial charge < -0.3 is 9.05 Å². The van der Waals surface area contributed by atoms with Gasteiger partial charge in [-0.25, -0.2) is 4.99 Å². The van der Waals surface area contributed by atoms with Crippen molar-refractivity contribution in [3.05, 3.63) is 11.0 Å². The Morgan fingerprint density at radius 2 is 2.15 bits per heavy atom. The monoisotopic (exact) mass is 221 g/mol. The van der Waals surface area contributed by atoms with E-state index >= 15 is 0 Å². The third-order valence-corrected chi connectivity index (χ3v) is 4.50. The minimum Gasteiger partial charge on any atom is -0.308 e. The predicted octanol–water partition coefficient (Wildman–Crippen LogP) is 2.48. The summed E-state index contributed by atoms with van der Waals surface area (Å²) in [6.07, 6.45) is 0. The molecule has 0 amide bonds. The second-order valence-electron chi connectivity index (χ2n) is 2.51. The molecule has 0 bridgehead atoms. The Hall–Kier alpha value is -0.0900. The Labute approximate surface area is 81.9 Å². The third-order valence-electron chi connectivity index (χ3n) is 1.67. The molecule has 0 saturated carbocycles. The van der Waals surface area contributed by atoms with Gasteiger partial charge >= 0.3 is 7.60 Å². The summed E-state index contributed by atoms with van der Waals surface area (Å²) in [6, 6.07) is 0. The van der Waals surface area contributed by atoms with Crippen LogP contribution in [0.1, 0.15) is 6.92 Å². The minimum absolute atomic E-state index is 0.441. The fourth-order valence-electron chi connectivity index (χ4n) is 0.976. The summed E-state index contributed by atoms with van der Waals surface area (Å²) in [5.74, 6) is 0.787. The average molecular weight is 221 g/mol. The van der Waals surface area contributed by atoms with Crippen molar-refractivity contribution in [1.82, 2.24) is 0 Å². The summed E-state index contributed by atoms with van der Waals surface area (Å²) in [6.45, 7) is 1.88. The molecule has 74 valence electrons. The van der Waals surface area contributed by atoms with Gasteiger partial charge in [-0.1, -0.05) is 0 Å². The van der Waals surface area contributed by atoms with Crippen LogP contribution in [-0.2, 0) is 13.6 Å². The molecule has 0 spiro atoms. The summed E-state index contributed by atoms with van der Waals surface area (Å²) in [5, 5.41) is 0. The van der Waals surface area contributed by atoms with Crippen LogP contribution in [0, 0.1) is 0 Å². The summed E-state index contributed by atoms with van der Waals surface area (Å²) in [4.78, 5) is 4.03. The van der Waals surface area contributed by atoms with Gasteiger partial charge in [0.25, 0.3) is 0 Å². The molecule has 0 unspecified atom stereocenters. The number of nitrogens with zero attached hydrogens (tertiary/aromatic N) is 1. The van der Waals surface area contributed by atoms with Gasteiger partial charge in [-0.05, 0) is 12.5 Å². The minimum atomic E-state index is -3.14. The van der Waals surface area contributed by atoms with Crippen LogP contribution in [0.25, 0.3) is 0 Å². The van der Waals surface area contributed by atoms with E-state index in [-0.39, 0.29) is 0 Å². The van der Waals surface area contributed by atoms with Crippen molar-refractivity contribution in [2.24, 2.45) is 4.99 Å². The topological polar surface area (TPSA) is 47.9 Å². The molecule has 13 heavy (non-hydrogen) atoms. The molecular weight excluding hydrogens is 209 g/mol. The first-order valence-electron chi connectivity index (χ1n) is 3.70. The van der Waals surface area contributed by atoms with Gasteiger partial charge in [-0.15, -0.1) is 11.8 Å². The van der Waals surface area contributed by atoms with Crippen molar-refractivity contribution < 1.29 is 13.6 Å². The van der Waals surface area contributed by atoms with E-state index in [1.165, 1.54) is 14.2 Å². The van der Waals surface area contributed by atoms with E-state index in [1.54, 1.807) is 17.3 Å². The highest BCUT2D eigenvalue weighted by molar-refractivity contribution is 8.12. The molecule has 4 nitrogen and oxygen atoms in total. The smallest absolute Gasteiger partial charge is 0.308 e. The van der Waals surface area contributed by atoms with E-state index in [9.17, 15) is 4.57 Å². The summed E-state index contributed by atoms with van der Waals surface area (Å²) >= 11 is 1.56. The highest BCUT2D eigenvalue weighted by Gasteiger charge is 2.30. The molecule has 1 heterocycles. The zero-order valence-corrected chi connectivity index (χ0v) is 9.52. The third kappa shape index (κ3) is 2.23. The lowest BCUT2D eigenvalue weighted by molar-refractivity contribution is 0.282. The zero-order valence-electron chi connectivity index (χ0n) is 7.81. The quantitative estimate of drug-likeness (QED) is 0.687. The lowest BCUT2D eigenvalue weighted by Crippen LogP contribution is -1.99. The van der Waals surface area contributed by atoms with Crippen LogP contribution in [-0.4, -0.2) is 25.5 Å². The second-order valence-corrected chi connectivity index (χ2v) is 5.49. The zero-order chi connectivity index (χ0) is 9.90. The largest absolute Gasteiger partial charge is 0.378 e. The molecule has 0 atom stereocenters. The van der Waals surface area contributed by atoms with Crippen molar-refractivity contribution >= 4 is 24.9 Å². The molecule has 0 aliphatic carbocycles. The van der Waals surface area contributed by atoms with Gasteiger partial charge in [-0.3, -0.25) is 4.57 Å². The van der Waals surface area contributed by atoms with Crippen LogP contribution >= 0.6 is 19.4 Å². The molecule has 0 radical (unpaired) electrons. The first-order chi connectivity index (χ1) is 6.14. The molecule has 0 fully saturated rings. The summed E-state index contributed by atoms with van der Waals surface area (Å²) < 4.78 is 21.6. The van der Waals surface area contributed by atoms with Crippen LogP contribution in [0.15, 0.2) is 16.0 Å². The normalized spacial score (nSPS) is 18.1. The maximum absolute atomic E-state index is 11.9. The Morgan fingerprint density at radius 3 is 2.62 bits per heavy atom. The Balaban J connectivity index is 3.04. The molecule has 0 aromatic rings. The lowest BCUT2D eigenvalue weighted by Gasteiger charge is -2.18. The van der Waals surface area contributed by atoms with Gasteiger partial charge in [0.2, 0.25) is 0 Å². The van der Waals surface area contributed by atoms with Crippen molar-refractivity contribution in [1.29, 1.82) is 0 Å². The molecule has 0 aromatic heterocycles. The van der Waals surface area contributed by atoms with Crippen molar-refractivity contribution in [2.75, 3.05) is 20.0 Å². The maximum Gasteiger partial charge on any atom is 0.378 e. The van der Waals surface area contributed by atoms with Crippen molar-refractivity contribution in [3.8, 4) is 0 Å².